The molecule has 3 nitrogen and oxygen atoms in total. The molecule has 1 unspecified atom stereocenters. The fourth-order valence-electron chi connectivity index (χ4n) is 2.77. The summed E-state index contributed by atoms with van der Waals surface area (Å²) in [5.41, 5.74) is 1.93. The predicted octanol–water partition coefficient (Wildman–Crippen LogP) is 2.93. The Balaban J connectivity index is 1.99. The topological polar surface area (TPSA) is 24.5 Å². The molecule has 2 rings (SSSR count). The number of benzene rings is 1. The van der Waals surface area contributed by atoms with Crippen molar-refractivity contribution < 1.29 is 9.13 Å². The van der Waals surface area contributed by atoms with Gasteiger partial charge in [-0.1, -0.05) is 26.0 Å². The molecule has 1 aromatic carbocycles. The van der Waals surface area contributed by atoms with E-state index >= 15 is 0 Å². The van der Waals surface area contributed by atoms with Crippen molar-refractivity contribution in [3.05, 3.63) is 35.1 Å². The summed E-state index contributed by atoms with van der Waals surface area (Å²) < 4.78 is 19.5. The molecular weight excluding hydrogens is 267 g/mol. The predicted molar refractivity (Wildman–Crippen MR) is 83.7 cm³/mol. The Hall–Kier alpha value is -0.970. The largest absolute Gasteiger partial charge is 0.380 e. The number of likely N-dealkylation sites (tertiary alicyclic amines) is 1. The number of nitrogens with zero attached hydrogens (tertiary/aromatic N) is 1. The van der Waals surface area contributed by atoms with Gasteiger partial charge in [0.15, 0.2) is 0 Å². The minimum Gasteiger partial charge on any atom is -0.380 e. The van der Waals surface area contributed by atoms with E-state index in [1.165, 1.54) is 0 Å². The number of nitrogens with one attached hydrogen (secondary N) is 1. The summed E-state index contributed by atoms with van der Waals surface area (Å²) in [5.74, 6) is -0.108. The maximum absolute atomic E-state index is 14.0. The van der Waals surface area contributed by atoms with E-state index in [1.54, 1.807) is 13.2 Å². The van der Waals surface area contributed by atoms with Crippen molar-refractivity contribution in [2.24, 2.45) is 0 Å². The van der Waals surface area contributed by atoms with Gasteiger partial charge in [0.25, 0.3) is 0 Å². The van der Waals surface area contributed by atoms with E-state index in [0.717, 1.165) is 43.6 Å². The lowest BCUT2D eigenvalue weighted by Crippen LogP contribution is -2.38. The number of piperidine rings is 1. The van der Waals surface area contributed by atoms with Crippen molar-refractivity contribution in [3.8, 4) is 0 Å². The molecule has 1 aliphatic heterocycles. The van der Waals surface area contributed by atoms with Crippen LogP contribution in [-0.2, 0) is 17.8 Å². The van der Waals surface area contributed by atoms with Gasteiger partial charge < -0.3 is 10.1 Å². The van der Waals surface area contributed by atoms with Crippen LogP contribution < -0.4 is 5.32 Å². The first-order valence-corrected chi connectivity index (χ1v) is 7.84. The Kier molecular flexibility index (Phi) is 6.15. The quantitative estimate of drug-likeness (QED) is 0.873. The van der Waals surface area contributed by atoms with Gasteiger partial charge in [-0.25, -0.2) is 4.39 Å². The number of hydrogen-bond donors (Lipinski definition) is 1. The maximum atomic E-state index is 14.0. The van der Waals surface area contributed by atoms with Crippen molar-refractivity contribution in [1.29, 1.82) is 0 Å². The van der Waals surface area contributed by atoms with Crippen molar-refractivity contribution in [3.63, 3.8) is 0 Å². The van der Waals surface area contributed by atoms with Crippen molar-refractivity contribution in [2.45, 2.75) is 51.9 Å². The Morgan fingerprint density at radius 3 is 2.95 bits per heavy atom. The first-order valence-electron chi connectivity index (χ1n) is 7.84. The van der Waals surface area contributed by atoms with Gasteiger partial charge in [0.05, 0.1) is 6.10 Å². The highest BCUT2D eigenvalue weighted by atomic mass is 19.1. The van der Waals surface area contributed by atoms with Crippen molar-refractivity contribution in [2.75, 3.05) is 20.2 Å². The van der Waals surface area contributed by atoms with Gasteiger partial charge in [-0.2, -0.15) is 0 Å². The monoisotopic (exact) mass is 294 g/mol. The molecule has 1 aromatic rings. The number of hydrogen-bond acceptors (Lipinski definition) is 3. The first-order chi connectivity index (χ1) is 10.1. The van der Waals surface area contributed by atoms with Crippen molar-refractivity contribution >= 4 is 0 Å². The highest BCUT2D eigenvalue weighted by Crippen LogP contribution is 2.18. The molecule has 0 bridgehead atoms. The lowest BCUT2D eigenvalue weighted by atomic mass is 10.1. The summed E-state index contributed by atoms with van der Waals surface area (Å²) >= 11 is 0. The Bertz CT molecular complexity index is 450. The number of methoxy groups -OCH3 is 1. The molecule has 0 spiro atoms. The van der Waals surface area contributed by atoms with Crippen LogP contribution in [0.25, 0.3) is 0 Å². The van der Waals surface area contributed by atoms with Crippen molar-refractivity contribution in [1.82, 2.24) is 10.2 Å². The molecule has 0 amide bonds. The molecule has 0 radical (unpaired) electrons. The summed E-state index contributed by atoms with van der Waals surface area (Å²) in [6.07, 6.45) is 2.51. The average Bonchev–Trinajstić information content (AvgIpc) is 2.48. The summed E-state index contributed by atoms with van der Waals surface area (Å²) in [4.78, 5) is 2.29. The van der Waals surface area contributed by atoms with Crippen LogP contribution in [0.15, 0.2) is 18.2 Å². The highest BCUT2D eigenvalue weighted by molar-refractivity contribution is 5.25. The van der Waals surface area contributed by atoms with E-state index in [4.69, 9.17) is 4.74 Å². The van der Waals surface area contributed by atoms with Crippen LogP contribution in [0.1, 0.15) is 37.8 Å². The van der Waals surface area contributed by atoms with Gasteiger partial charge in [-0.15, -0.1) is 0 Å². The molecule has 1 heterocycles. The Morgan fingerprint density at radius 2 is 2.24 bits per heavy atom. The molecule has 0 saturated carbocycles. The van der Waals surface area contributed by atoms with Gasteiger partial charge in [0.1, 0.15) is 5.82 Å². The lowest BCUT2D eigenvalue weighted by molar-refractivity contribution is 0.0282. The second-order valence-corrected chi connectivity index (χ2v) is 6.20. The normalized spacial score (nSPS) is 20.1. The second kappa shape index (κ2) is 7.87. The summed E-state index contributed by atoms with van der Waals surface area (Å²) in [5, 5.41) is 3.37. The third kappa shape index (κ3) is 5.06. The molecular formula is C17H27FN2O. The summed E-state index contributed by atoms with van der Waals surface area (Å²) in [7, 11) is 1.76. The summed E-state index contributed by atoms with van der Waals surface area (Å²) in [6.45, 7) is 7.59. The highest BCUT2D eigenvalue weighted by Gasteiger charge is 2.20. The van der Waals surface area contributed by atoms with Crippen LogP contribution in [0.3, 0.4) is 0 Å². The van der Waals surface area contributed by atoms with E-state index in [1.807, 2.05) is 12.1 Å². The zero-order valence-electron chi connectivity index (χ0n) is 13.4. The summed E-state index contributed by atoms with van der Waals surface area (Å²) in [6, 6.07) is 5.87. The fourth-order valence-corrected chi connectivity index (χ4v) is 2.77. The average molecular weight is 294 g/mol. The standard InChI is InChI=1S/C17H27FN2O/c1-13(2)19-10-14-6-7-17(18)15(9-14)11-20-8-4-5-16(12-20)21-3/h6-7,9,13,16,19H,4-5,8,10-12H2,1-3H3. The molecule has 1 N–H and O–H groups in total. The van der Waals surface area contributed by atoms with Crippen LogP contribution >= 0.6 is 0 Å². The molecule has 0 aromatic heterocycles. The van der Waals surface area contributed by atoms with E-state index in [-0.39, 0.29) is 11.9 Å². The molecule has 1 fully saturated rings. The molecule has 1 aliphatic rings. The van der Waals surface area contributed by atoms with Gasteiger partial charge in [-0.05, 0) is 31.0 Å². The van der Waals surface area contributed by atoms with Gasteiger partial charge >= 0.3 is 0 Å². The van der Waals surface area contributed by atoms with Crippen LogP contribution in [0.4, 0.5) is 4.39 Å². The fraction of sp³-hybridized carbons (Fsp3) is 0.647. The van der Waals surface area contributed by atoms with E-state index in [2.05, 4.69) is 24.1 Å². The van der Waals surface area contributed by atoms with Crippen LogP contribution in [-0.4, -0.2) is 37.2 Å². The number of halogens is 1. The number of ether oxygens (including phenoxy) is 1. The number of rotatable bonds is 6. The molecule has 118 valence electrons. The van der Waals surface area contributed by atoms with E-state index in [9.17, 15) is 4.39 Å². The third-order valence-corrected chi connectivity index (χ3v) is 4.01. The minimum absolute atomic E-state index is 0.108. The second-order valence-electron chi connectivity index (χ2n) is 6.20. The third-order valence-electron chi connectivity index (χ3n) is 4.01. The van der Waals surface area contributed by atoms with Crippen LogP contribution in [0.2, 0.25) is 0 Å². The zero-order chi connectivity index (χ0) is 15.2. The SMILES string of the molecule is COC1CCCN(Cc2cc(CNC(C)C)ccc2F)C1. The zero-order valence-corrected chi connectivity index (χ0v) is 13.4. The van der Waals surface area contributed by atoms with Gasteiger partial charge in [0.2, 0.25) is 0 Å². The smallest absolute Gasteiger partial charge is 0.127 e. The first kappa shape index (κ1) is 16.4. The van der Waals surface area contributed by atoms with E-state index in [0.29, 0.717) is 12.6 Å². The maximum Gasteiger partial charge on any atom is 0.127 e. The molecule has 0 aliphatic carbocycles. The van der Waals surface area contributed by atoms with E-state index < -0.39 is 0 Å². The molecule has 1 saturated heterocycles. The Morgan fingerprint density at radius 1 is 1.43 bits per heavy atom. The lowest BCUT2D eigenvalue weighted by Gasteiger charge is -2.32. The van der Waals surface area contributed by atoms with Crippen LogP contribution in [0.5, 0.6) is 0 Å². The van der Waals surface area contributed by atoms with Gasteiger partial charge in [0, 0.05) is 38.3 Å². The molecule has 4 heteroatoms. The minimum atomic E-state index is -0.108. The van der Waals surface area contributed by atoms with Crippen LogP contribution in [0, 0.1) is 5.82 Å². The molecule has 21 heavy (non-hydrogen) atoms. The van der Waals surface area contributed by atoms with Gasteiger partial charge in [-0.3, -0.25) is 4.90 Å². The molecule has 1 atom stereocenters. The Labute approximate surface area is 127 Å².